The molecule has 0 atom stereocenters. The summed E-state index contributed by atoms with van der Waals surface area (Å²) >= 11 is 0. The fourth-order valence-corrected chi connectivity index (χ4v) is 16.5. The Morgan fingerprint density at radius 2 is 0.423 bits per heavy atom. The molecule has 0 saturated carbocycles. The highest BCUT2D eigenvalue weighted by molar-refractivity contribution is 7.01. The van der Waals surface area contributed by atoms with Gasteiger partial charge in [-0.15, -0.1) is 0 Å². The van der Waals surface area contributed by atoms with Gasteiger partial charge in [-0.3, -0.25) is 0 Å². The van der Waals surface area contributed by atoms with Crippen LogP contribution in [0.5, 0.6) is 0 Å². The van der Waals surface area contributed by atoms with Gasteiger partial charge in [-0.25, -0.2) is 0 Å². The fraction of sp³-hybridized carbons (Fsp3) is 0.143. The van der Waals surface area contributed by atoms with Crippen molar-refractivity contribution in [2.24, 2.45) is 0 Å². The molecule has 0 N–H and O–H groups in total. The number of aryl methyl sites for hydroxylation is 2. The van der Waals surface area contributed by atoms with Crippen LogP contribution in [0.2, 0.25) is 0 Å². The average Bonchev–Trinajstić information content (AvgIpc) is 0.700. The molecule has 14 aromatic rings. The molecule has 0 aromatic heterocycles. The molecule has 4 heterocycles. The maximum atomic E-state index is 2.51. The number of fused-ring (bicyclic) bond motifs is 8. The minimum Gasteiger partial charge on any atom is -0.311 e. The van der Waals surface area contributed by atoms with Crippen molar-refractivity contribution < 1.29 is 0 Å². The van der Waals surface area contributed by atoms with Crippen LogP contribution in [0, 0.1) is 13.8 Å². The van der Waals surface area contributed by atoms with Crippen molar-refractivity contribution >= 4 is 114 Å². The van der Waals surface area contributed by atoms with E-state index in [4.69, 9.17) is 0 Å². The molecule has 6 heteroatoms. The molecule has 4 aliphatic rings. The second-order valence-electron chi connectivity index (χ2n) is 30.2. The van der Waals surface area contributed by atoms with Crippen molar-refractivity contribution in [3.05, 3.63) is 349 Å². The molecule has 4 aliphatic heterocycles. The quantitative estimate of drug-likeness (QED) is 0.113. The lowest BCUT2D eigenvalue weighted by Crippen LogP contribution is -2.61. The lowest BCUT2D eigenvalue weighted by Gasteiger charge is -2.44. The van der Waals surface area contributed by atoms with Gasteiger partial charge in [0.05, 0.1) is 0 Å². The number of para-hydroxylation sites is 2. The molecule has 104 heavy (non-hydrogen) atoms. The number of hydrogen-bond acceptors (Lipinski definition) is 4. The van der Waals surface area contributed by atoms with Crippen molar-refractivity contribution in [2.75, 3.05) is 19.6 Å². The minimum absolute atomic E-state index is 0.0309. The monoisotopic (exact) mass is 1340 g/mol. The third-order valence-electron chi connectivity index (χ3n) is 22.2. The Hall–Kier alpha value is -11.6. The van der Waals surface area contributed by atoms with Gasteiger partial charge in [0.2, 0.25) is 0 Å². The molecule has 14 aromatic carbocycles. The number of rotatable bonds is 12. The first-order valence-corrected chi connectivity index (χ1v) is 37.4. The zero-order valence-corrected chi connectivity index (χ0v) is 61.3. The Morgan fingerprint density at radius 1 is 0.202 bits per heavy atom. The Labute approximate surface area is 616 Å². The molecule has 0 radical (unpaired) electrons. The van der Waals surface area contributed by atoms with Crippen molar-refractivity contribution in [3.8, 4) is 44.5 Å². The number of hydrogen-bond donors (Lipinski definition) is 0. The van der Waals surface area contributed by atoms with E-state index in [1.54, 1.807) is 0 Å². The Bertz CT molecular complexity index is 5180. The van der Waals surface area contributed by atoms with Crippen LogP contribution in [-0.4, -0.2) is 13.4 Å². The van der Waals surface area contributed by atoms with Crippen molar-refractivity contribution in [1.82, 2.24) is 0 Å². The summed E-state index contributed by atoms with van der Waals surface area (Å²) in [5.74, 6) is 1.92. The van der Waals surface area contributed by atoms with Gasteiger partial charge >= 0.3 is 0 Å². The minimum atomic E-state index is 0.0309. The highest BCUT2D eigenvalue weighted by Gasteiger charge is 2.46. The van der Waals surface area contributed by atoms with Crippen molar-refractivity contribution in [3.63, 3.8) is 0 Å². The van der Waals surface area contributed by atoms with Crippen LogP contribution in [0.15, 0.2) is 315 Å². The van der Waals surface area contributed by atoms with Gasteiger partial charge in [0.1, 0.15) is 0 Å². The van der Waals surface area contributed by atoms with Crippen LogP contribution in [0.4, 0.5) is 68.2 Å². The molecular weight excluding hydrogens is 1250 g/mol. The zero-order valence-electron chi connectivity index (χ0n) is 61.3. The van der Waals surface area contributed by atoms with Gasteiger partial charge in [0.25, 0.3) is 13.4 Å². The van der Waals surface area contributed by atoms with Gasteiger partial charge in [-0.1, -0.05) is 285 Å². The summed E-state index contributed by atoms with van der Waals surface area (Å²) in [7, 11) is 0. The fourth-order valence-electron chi connectivity index (χ4n) is 16.5. The number of nitrogens with zero attached hydrogens (tertiary/aromatic N) is 4. The third kappa shape index (κ3) is 11.7. The Balaban J connectivity index is 0.000000157. The Kier molecular flexibility index (Phi) is 17.0. The van der Waals surface area contributed by atoms with E-state index in [0.717, 1.165) is 11.4 Å². The normalized spacial score (nSPS) is 12.9. The molecule has 0 unspecified atom stereocenters. The topological polar surface area (TPSA) is 13.0 Å². The molecular formula is C98H86B2N4. The van der Waals surface area contributed by atoms with Crippen LogP contribution in [0.1, 0.15) is 112 Å². The van der Waals surface area contributed by atoms with E-state index in [-0.39, 0.29) is 13.4 Å². The lowest BCUT2D eigenvalue weighted by atomic mass is 9.33. The van der Waals surface area contributed by atoms with Crippen LogP contribution in [0.3, 0.4) is 0 Å². The first-order chi connectivity index (χ1) is 50.7. The van der Waals surface area contributed by atoms with E-state index in [0.29, 0.717) is 23.7 Å². The predicted octanol–water partition coefficient (Wildman–Crippen LogP) is 23.3. The van der Waals surface area contributed by atoms with Gasteiger partial charge in [-0.05, 0) is 234 Å². The third-order valence-corrected chi connectivity index (χ3v) is 22.2. The SMILES string of the molecule is CC(C)c1ccc(-c2ccc3c(c2)B2c4cc(-c5ccc(C(C)C)cc5)ccc4N(c4ccc(C(C)C)cc4)c4cccc(c42)N3c2ccc(C(C)C)cc2)cc1.Cc1ccc(-c2ccc3c(c2)B2c4cc(-c5ccc(C)cc5)ccc4N(c4ccccc4)c4cccc(c42)N3c2ccccc2)cc1. The van der Waals surface area contributed by atoms with Gasteiger partial charge in [0.15, 0.2) is 0 Å². The molecule has 4 nitrogen and oxygen atoms in total. The maximum Gasteiger partial charge on any atom is 0.252 e. The van der Waals surface area contributed by atoms with E-state index in [1.165, 1.54) is 168 Å². The molecule has 0 spiro atoms. The van der Waals surface area contributed by atoms with E-state index in [1.807, 2.05) is 0 Å². The number of anilines is 12. The van der Waals surface area contributed by atoms with Gasteiger partial charge in [-0.2, -0.15) is 0 Å². The van der Waals surface area contributed by atoms with Gasteiger partial charge in [0, 0.05) is 68.2 Å². The predicted molar refractivity (Wildman–Crippen MR) is 449 cm³/mol. The van der Waals surface area contributed by atoms with E-state index in [2.05, 4.69) is 404 Å². The summed E-state index contributed by atoms with van der Waals surface area (Å²) in [6, 6.07) is 119. The first-order valence-electron chi connectivity index (χ1n) is 37.4. The molecule has 0 bridgehead atoms. The van der Waals surface area contributed by atoms with Crippen molar-refractivity contribution in [2.45, 2.75) is 92.9 Å². The average molecular weight is 1340 g/mol. The summed E-state index contributed by atoms with van der Waals surface area (Å²) in [5, 5.41) is 0. The van der Waals surface area contributed by atoms with Crippen LogP contribution in [-0.2, 0) is 0 Å². The Morgan fingerprint density at radius 3 is 0.673 bits per heavy atom. The summed E-state index contributed by atoms with van der Waals surface area (Å²) in [5.41, 5.74) is 40.4. The molecule has 18 rings (SSSR count). The first kappa shape index (κ1) is 65.7. The smallest absolute Gasteiger partial charge is 0.252 e. The van der Waals surface area contributed by atoms with E-state index < -0.39 is 0 Å². The maximum absolute atomic E-state index is 2.51. The summed E-state index contributed by atoms with van der Waals surface area (Å²) in [6.07, 6.45) is 0. The summed E-state index contributed by atoms with van der Waals surface area (Å²) < 4.78 is 0. The second kappa shape index (κ2) is 27.0. The van der Waals surface area contributed by atoms with Crippen LogP contribution in [0.25, 0.3) is 44.5 Å². The molecule has 0 saturated heterocycles. The molecule has 0 fully saturated rings. The highest BCUT2D eigenvalue weighted by atomic mass is 15.2. The van der Waals surface area contributed by atoms with Crippen molar-refractivity contribution in [1.29, 1.82) is 0 Å². The zero-order chi connectivity index (χ0) is 71.0. The van der Waals surface area contributed by atoms with E-state index >= 15 is 0 Å². The largest absolute Gasteiger partial charge is 0.311 e. The summed E-state index contributed by atoms with van der Waals surface area (Å²) in [6.45, 7) is 22.5. The van der Waals surface area contributed by atoms with Crippen LogP contribution < -0.4 is 52.4 Å². The van der Waals surface area contributed by atoms with E-state index in [9.17, 15) is 0 Å². The molecule has 0 aliphatic carbocycles. The highest BCUT2D eigenvalue weighted by Crippen LogP contribution is 2.48. The second-order valence-corrected chi connectivity index (χ2v) is 30.2. The van der Waals surface area contributed by atoms with Gasteiger partial charge < -0.3 is 19.6 Å². The number of benzene rings is 14. The standard InChI is InChI=1S/C54H53BN2.C44H33BN2/c1-34(2)38-12-16-42(17-13-38)44-24-30-50-48(32-44)55-49-33-45(43-18-14-39(15-19-43)35(3)4)25-31-51(49)57(47-28-22-41(23-29-47)37(7)8)53-11-9-10-52(54(53)55)56(50)46-26-20-40(21-27-46)36(5)6;1-30-16-20-32(21-17-30)34-24-26-40-38(28-34)45-39-29-35(33-22-18-31(2)19-23-33)25-27-41(39)47(37-12-7-4-8-13-37)43-15-9-14-42(44(43)45)46(40)36-10-5-3-6-11-36/h9-37H,1-8H3;3-29H,1-2H3. The van der Waals surface area contributed by atoms with Crippen LogP contribution >= 0.6 is 0 Å². The lowest BCUT2D eigenvalue weighted by molar-refractivity contribution is 0.866. The molecule has 0 amide bonds. The summed E-state index contributed by atoms with van der Waals surface area (Å²) in [4.78, 5) is 9.95. The molecule has 504 valence electrons.